The fourth-order valence-electron chi connectivity index (χ4n) is 1.78. The molecule has 5 nitrogen and oxygen atoms in total. The number of halogens is 1. The zero-order valence-electron chi connectivity index (χ0n) is 11.0. The summed E-state index contributed by atoms with van der Waals surface area (Å²) in [7, 11) is 1.57. The minimum atomic E-state index is -0.676. The molecule has 19 heavy (non-hydrogen) atoms. The van der Waals surface area contributed by atoms with Crippen LogP contribution in [0.15, 0.2) is 29.4 Å². The predicted octanol–water partition coefficient (Wildman–Crippen LogP) is 1.95. The van der Waals surface area contributed by atoms with Crippen LogP contribution in [-0.4, -0.2) is 24.0 Å². The molecule has 0 radical (unpaired) electrons. The maximum atomic E-state index is 12.8. The second-order valence-electron chi connectivity index (χ2n) is 4.24. The molecule has 3 N–H and O–H groups in total. The third-order valence-corrected chi connectivity index (χ3v) is 2.89. The lowest BCUT2D eigenvalue weighted by molar-refractivity contribution is -0.120. The van der Waals surface area contributed by atoms with Crippen molar-refractivity contribution in [1.29, 1.82) is 0 Å². The first kappa shape index (κ1) is 14.9. The maximum Gasteiger partial charge on any atom is 0.237 e. The smallest absolute Gasteiger partial charge is 0.237 e. The van der Waals surface area contributed by atoms with Crippen molar-refractivity contribution in [1.82, 2.24) is 0 Å². The van der Waals surface area contributed by atoms with Crippen LogP contribution in [0.5, 0.6) is 0 Å². The molecular formula is C13H18FN3O2. The average molecular weight is 267 g/mol. The van der Waals surface area contributed by atoms with Crippen LogP contribution >= 0.6 is 0 Å². The van der Waals surface area contributed by atoms with Crippen molar-refractivity contribution in [3.63, 3.8) is 0 Å². The molecule has 0 aliphatic carbocycles. The summed E-state index contributed by atoms with van der Waals surface area (Å²) in [6.07, 6.45) is 1.21. The van der Waals surface area contributed by atoms with Gasteiger partial charge >= 0.3 is 0 Å². The van der Waals surface area contributed by atoms with Gasteiger partial charge in [0.15, 0.2) is 5.84 Å². The van der Waals surface area contributed by atoms with Gasteiger partial charge in [0.05, 0.1) is 5.92 Å². The van der Waals surface area contributed by atoms with Crippen molar-refractivity contribution in [3.05, 3.63) is 30.1 Å². The van der Waals surface area contributed by atoms with Crippen LogP contribution in [0.2, 0.25) is 0 Å². The Morgan fingerprint density at radius 2 is 2.05 bits per heavy atom. The van der Waals surface area contributed by atoms with Gasteiger partial charge in [-0.05, 0) is 30.7 Å². The summed E-state index contributed by atoms with van der Waals surface area (Å²) < 4.78 is 12.8. The third-order valence-electron chi connectivity index (χ3n) is 2.89. The summed E-state index contributed by atoms with van der Waals surface area (Å²) in [4.78, 5) is 13.7. The zero-order chi connectivity index (χ0) is 14.4. The van der Waals surface area contributed by atoms with Crippen LogP contribution in [0, 0.1) is 11.7 Å². The molecule has 0 aliphatic rings. The van der Waals surface area contributed by atoms with Gasteiger partial charge in [-0.25, -0.2) is 4.39 Å². The fourth-order valence-corrected chi connectivity index (χ4v) is 1.78. The second kappa shape index (κ2) is 6.72. The molecule has 0 saturated carbocycles. The van der Waals surface area contributed by atoms with Gasteiger partial charge < -0.3 is 15.8 Å². The Hall–Kier alpha value is -2.11. The van der Waals surface area contributed by atoms with Crippen LogP contribution in [0.4, 0.5) is 10.1 Å². The van der Waals surface area contributed by atoms with Crippen LogP contribution < -0.4 is 10.6 Å². The van der Waals surface area contributed by atoms with Gasteiger partial charge in [0, 0.05) is 12.7 Å². The lowest BCUT2D eigenvalue weighted by Crippen LogP contribution is -2.40. The van der Waals surface area contributed by atoms with Gasteiger partial charge in [-0.2, -0.15) is 0 Å². The summed E-state index contributed by atoms with van der Waals surface area (Å²) in [6.45, 7) is 1.91. The number of nitrogens with zero attached hydrogens (tertiary/aromatic N) is 2. The van der Waals surface area contributed by atoms with Gasteiger partial charge in [-0.1, -0.05) is 18.5 Å². The SMILES string of the molecule is CCCC(C(=O)N(C)c1ccc(F)cc1)C(N)=NO. The van der Waals surface area contributed by atoms with E-state index in [2.05, 4.69) is 5.16 Å². The summed E-state index contributed by atoms with van der Waals surface area (Å²) in [5.41, 5.74) is 6.09. The maximum absolute atomic E-state index is 12.8. The van der Waals surface area contributed by atoms with E-state index >= 15 is 0 Å². The number of benzene rings is 1. The highest BCUT2D eigenvalue weighted by atomic mass is 19.1. The van der Waals surface area contributed by atoms with Crippen molar-refractivity contribution >= 4 is 17.4 Å². The zero-order valence-corrected chi connectivity index (χ0v) is 11.0. The van der Waals surface area contributed by atoms with Crippen molar-refractivity contribution in [2.45, 2.75) is 19.8 Å². The van der Waals surface area contributed by atoms with E-state index in [1.165, 1.54) is 29.2 Å². The van der Waals surface area contributed by atoms with Crippen molar-refractivity contribution < 1.29 is 14.4 Å². The standard InChI is InChI=1S/C13H18FN3O2/c1-3-4-11(12(15)16-19)13(18)17(2)10-7-5-9(14)6-8-10/h5-8,11,19H,3-4H2,1-2H3,(H2,15,16). The summed E-state index contributed by atoms with van der Waals surface area (Å²) >= 11 is 0. The van der Waals surface area contributed by atoms with Gasteiger partial charge in [0.1, 0.15) is 5.82 Å². The van der Waals surface area contributed by atoms with Crippen LogP contribution in [0.1, 0.15) is 19.8 Å². The monoisotopic (exact) mass is 267 g/mol. The van der Waals surface area contributed by atoms with E-state index in [0.717, 1.165) is 6.42 Å². The molecule has 0 spiro atoms. The molecule has 1 aromatic rings. The number of carbonyl (C=O) groups excluding carboxylic acids is 1. The Bertz CT molecular complexity index is 459. The molecular weight excluding hydrogens is 249 g/mol. The molecule has 0 saturated heterocycles. The number of oxime groups is 1. The first-order valence-corrected chi connectivity index (χ1v) is 6.01. The number of hydrogen-bond acceptors (Lipinski definition) is 3. The van der Waals surface area contributed by atoms with Gasteiger partial charge in [0.25, 0.3) is 0 Å². The van der Waals surface area contributed by atoms with Gasteiger partial charge in [-0.3, -0.25) is 4.79 Å². The summed E-state index contributed by atoms with van der Waals surface area (Å²) in [5, 5.41) is 11.6. The first-order chi connectivity index (χ1) is 9.01. The summed E-state index contributed by atoms with van der Waals surface area (Å²) in [5.74, 6) is -1.44. The van der Waals surface area contributed by atoms with Gasteiger partial charge in [-0.15, -0.1) is 0 Å². The lowest BCUT2D eigenvalue weighted by atomic mass is 10.0. The first-order valence-electron chi connectivity index (χ1n) is 6.01. The van der Waals surface area contributed by atoms with E-state index in [0.29, 0.717) is 12.1 Å². The van der Waals surface area contributed by atoms with Crippen molar-refractivity contribution in [2.24, 2.45) is 16.8 Å². The van der Waals surface area contributed by atoms with Crippen LogP contribution in [0.3, 0.4) is 0 Å². The van der Waals surface area contributed by atoms with E-state index in [4.69, 9.17) is 10.9 Å². The molecule has 104 valence electrons. The van der Waals surface area contributed by atoms with E-state index in [-0.39, 0.29) is 17.6 Å². The normalized spacial score (nSPS) is 13.1. The molecule has 0 aliphatic heterocycles. The molecule has 0 bridgehead atoms. The molecule has 1 atom stereocenters. The highest BCUT2D eigenvalue weighted by molar-refractivity contribution is 6.08. The van der Waals surface area contributed by atoms with Crippen LogP contribution in [-0.2, 0) is 4.79 Å². The van der Waals surface area contributed by atoms with Crippen LogP contribution in [0.25, 0.3) is 0 Å². The Labute approximate surface area is 111 Å². The number of rotatable bonds is 5. The molecule has 1 amide bonds. The number of anilines is 1. The van der Waals surface area contributed by atoms with Crippen molar-refractivity contribution in [2.75, 3.05) is 11.9 Å². The molecule has 6 heteroatoms. The Kier molecular flexibility index (Phi) is 5.29. The van der Waals surface area contributed by atoms with E-state index in [1.807, 2.05) is 6.92 Å². The minimum Gasteiger partial charge on any atom is -0.409 e. The number of nitrogens with two attached hydrogens (primary N) is 1. The Morgan fingerprint density at radius 1 is 1.47 bits per heavy atom. The number of amidine groups is 1. The highest BCUT2D eigenvalue weighted by Gasteiger charge is 2.26. The molecule has 0 heterocycles. The Morgan fingerprint density at radius 3 is 2.53 bits per heavy atom. The quantitative estimate of drug-likeness (QED) is 0.370. The average Bonchev–Trinajstić information content (AvgIpc) is 2.43. The topological polar surface area (TPSA) is 78.9 Å². The van der Waals surface area contributed by atoms with E-state index in [1.54, 1.807) is 7.05 Å². The Balaban J connectivity index is 2.93. The van der Waals surface area contributed by atoms with E-state index in [9.17, 15) is 9.18 Å². The number of hydrogen-bond donors (Lipinski definition) is 2. The molecule has 1 unspecified atom stereocenters. The largest absolute Gasteiger partial charge is 0.409 e. The lowest BCUT2D eigenvalue weighted by Gasteiger charge is -2.22. The van der Waals surface area contributed by atoms with E-state index < -0.39 is 5.92 Å². The summed E-state index contributed by atoms with van der Waals surface area (Å²) in [6, 6.07) is 5.56. The molecule has 0 aromatic heterocycles. The van der Waals surface area contributed by atoms with Crippen molar-refractivity contribution in [3.8, 4) is 0 Å². The fraction of sp³-hybridized carbons (Fsp3) is 0.385. The molecule has 1 aromatic carbocycles. The highest BCUT2D eigenvalue weighted by Crippen LogP contribution is 2.18. The third kappa shape index (κ3) is 3.67. The molecule has 0 fully saturated rings. The second-order valence-corrected chi connectivity index (χ2v) is 4.24. The van der Waals surface area contributed by atoms with Gasteiger partial charge in [0.2, 0.25) is 5.91 Å². The number of carbonyl (C=O) groups is 1. The molecule has 1 rings (SSSR count). The number of amides is 1. The predicted molar refractivity (Wildman–Crippen MR) is 71.6 cm³/mol. The minimum absolute atomic E-state index is 0.110.